The molecular weight excluding hydrogens is 278 g/mol. The van der Waals surface area contributed by atoms with E-state index in [0.29, 0.717) is 22.6 Å². The number of ether oxygens (including phenoxy) is 1. The number of esters is 1. The fraction of sp³-hybridized carbons (Fsp3) is 0.118. The van der Waals surface area contributed by atoms with E-state index in [1.165, 1.54) is 0 Å². The van der Waals surface area contributed by atoms with E-state index in [1.807, 2.05) is 30.3 Å². The van der Waals surface area contributed by atoms with Crippen molar-refractivity contribution >= 4 is 11.6 Å². The van der Waals surface area contributed by atoms with Gasteiger partial charge in [-0.25, -0.2) is 9.78 Å². The van der Waals surface area contributed by atoms with Crippen molar-refractivity contribution in [1.29, 1.82) is 5.26 Å². The molecule has 3 aromatic rings. The predicted octanol–water partition coefficient (Wildman–Crippen LogP) is 3.05. The van der Waals surface area contributed by atoms with Crippen LogP contribution in [0.3, 0.4) is 0 Å². The molecule has 2 aromatic heterocycles. The Balaban J connectivity index is 2.27. The molecule has 2 heterocycles. The third-order valence-electron chi connectivity index (χ3n) is 3.30. The van der Waals surface area contributed by atoms with Gasteiger partial charge in [-0.1, -0.05) is 30.3 Å². The summed E-state index contributed by atoms with van der Waals surface area (Å²) in [6.45, 7) is 2.04. The van der Waals surface area contributed by atoms with Gasteiger partial charge >= 0.3 is 5.97 Å². The van der Waals surface area contributed by atoms with Crippen molar-refractivity contribution in [1.82, 2.24) is 9.38 Å². The first kappa shape index (κ1) is 13.8. The maximum Gasteiger partial charge on any atom is 0.341 e. The van der Waals surface area contributed by atoms with Crippen molar-refractivity contribution in [3.05, 3.63) is 59.9 Å². The second-order valence-corrected chi connectivity index (χ2v) is 4.62. The lowest BCUT2D eigenvalue weighted by Gasteiger charge is -2.02. The lowest BCUT2D eigenvalue weighted by atomic mass is 10.1. The molecule has 1 aromatic carbocycles. The molecule has 0 fully saturated rings. The summed E-state index contributed by atoms with van der Waals surface area (Å²) in [6, 6.07) is 14.9. The molecule has 0 bridgehead atoms. The summed E-state index contributed by atoms with van der Waals surface area (Å²) in [4.78, 5) is 16.5. The van der Waals surface area contributed by atoms with Gasteiger partial charge in [0.05, 0.1) is 6.61 Å². The summed E-state index contributed by atoms with van der Waals surface area (Å²) < 4.78 is 6.67. The Hall–Kier alpha value is -3.13. The standard InChI is InChI=1S/C17H13N3O2/c1-2-22-17(21)13-9-6-10-20-14(11-18)15(19-16(13)20)12-7-4-3-5-8-12/h3-10H,2H2,1H3. The normalized spacial score (nSPS) is 10.4. The zero-order valence-electron chi connectivity index (χ0n) is 12.0. The van der Waals surface area contributed by atoms with Crippen LogP contribution in [0.1, 0.15) is 23.0 Å². The van der Waals surface area contributed by atoms with Gasteiger partial charge in [-0.15, -0.1) is 0 Å². The van der Waals surface area contributed by atoms with Crippen LogP contribution in [0, 0.1) is 11.3 Å². The SMILES string of the molecule is CCOC(=O)c1cccn2c(C#N)c(-c3ccccc3)nc12. The highest BCUT2D eigenvalue weighted by Crippen LogP contribution is 2.25. The van der Waals surface area contributed by atoms with E-state index >= 15 is 0 Å². The minimum atomic E-state index is -0.442. The van der Waals surface area contributed by atoms with Crippen LogP contribution in [0.4, 0.5) is 0 Å². The minimum Gasteiger partial charge on any atom is -0.462 e. The van der Waals surface area contributed by atoms with Crippen molar-refractivity contribution in [2.24, 2.45) is 0 Å². The number of hydrogen-bond acceptors (Lipinski definition) is 4. The average Bonchev–Trinajstić information content (AvgIpc) is 2.94. The van der Waals surface area contributed by atoms with Crippen molar-refractivity contribution in [3.8, 4) is 17.3 Å². The van der Waals surface area contributed by atoms with Gasteiger partial charge in [0.1, 0.15) is 17.3 Å². The molecule has 0 radical (unpaired) electrons. The van der Waals surface area contributed by atoms with Crippen LogP contribution in [0.2, 0.25) is 0 Å². The smallest absolute Gasteiger partial charge is 0.341 e. The van der Waals surface area contributed by atoms with E-state index in [4.69, 9.17) is 4.74 Å². The number of nitriles is 1. The molecule has 0 atom stereocenters. The van der Waals surface area contributed by atoms with Crippen LogP contribution in [0.25, 0.3) is 16.9 Å². The van der Waals surface area contributed by atoms with E-state index in [0.717, 1.165) is 5.56 Å². The number of pyridine rings is 1. The molecule has 5 nitrogen and oxygen atoms in total. The molecular formula is C17H13N3O2. The average molecular weight is 291 g/mol. The fourth-order valence-electron chi connectivity index (χ4n) is 2.34. The summed E-state index contributed by atoms with van der Waals surface area (Å²) in [5.41, 5.74) is 2.56. The zero-order chi connectivity index (χ0) is 15.5. The summed E-state index contributed by atoms with van der Waals surface area (Å²) >= 11 is 0. The number of nitrogens with zero attached hydrogens (tertiary/aromatic N) is 3. The first-order chi connectivity index (χ1) is 10.8. The predicted molar refractivity (Wildman–Crippen MR) is 81.3 cm³/mol. The van der Waals surface area contributed by atoms with Crippen LogP contribution in [0.15, 0.2) is 48.7 Å². The number of hydrogen-bond donors (Lipinski definition) is 0. The molecule has 0 unspecified atom stereocenters. The zero-order valence-corrected chi connectivity index (χ0v) is 12.0. The molecule has 0 saturated carbocycles. The molecule has 0 aliphatic carbocycles. The largest absolute Gasteiger partial charge is 0.462 e. The summed E-state index contributed by atoms with van der Waals surface area (Å²) in [5.74, 6) is -0.442. The van der Waals surface area contributed by atoms with Crippen molar-refractivity contribution in [2.75, 3.05) is 6.61 Å². The highest BCUT2D eigenvalue weighted by Gasteiger charge is 2.19. The molecule has 0 aliphatic heterocycles. The molecule has 3 rings (SSSR count). The lowest BCUT2D eigenvalue weighted by Crippen LogP contribution is -2.07. The molecule has 0 saturated heterocycles. The Kier molecular flexibility index (Phi) is 3.58. The summed E-state index contributed by atoms with van der Waals surface area (Å²) in [5, 5.41) is 9.47. The maximum atomic E-state index is 12.0. The molecule has 108 valence electrons. The van der Waals surface area contributed by atoms with Gasteiger partial charge < -0.3 is 4.74 Å². The number of imidazole rings is 1. The highest BCUT2D eigenvalue weighted by molar-refractivity contribution is 5.96. The third-order valence-corrected chi connectivity index (χ3v) is 3.30. The molecule has 0 amide bonds. The van der Waals surface area contributed by atoms with Crippen LogP contribution < -0.4 is 0 Å². The minimum absolute atomic E-state index is 0.289. The van der Waals surface area contributed by atoms with Gasteiger partial charge in [0, 0.05) is 11.8 Å². The number of carbonyl (C=O) groups excluding carboxylic acids is 1. The van der Waals surface area contributed by atoms with Crippen LogP contribution in [-0.4, -0.2) is 22.0 Å². The lowest BCUT2D eigenvalue weighted by molar-refractivity contribution is 0.0528. The summed E-state index contributed by atoms with van der Waals surface area (Å²) in [6.07, 6.45) is 1.72. The van der Waals surface area contributed by atoms with E-state index in [2.05, 4.69) is 11.1 Å². The Morgan fingerprint density at radius 2 is 2.05 bits per heavy atom. The van der Waals surface area contributed by atoms with Crippen molar-refractivity contribution < 1.29 is 9.53 Å². The van der Waals surface area contributed by atoms with Gasteiger partial charge in [-0.05, 0) is 19.1 Å². The second kappa shape index (κ2) is 5.70. The number of benzene rings is 1. The van der Waals surface area contributed by atoms with Gasteiger partial charge in [-0.2, -0.15) is 5.26 Å². The molecule has 0 spiro atoms. The van der Waals surface area contributed by atoms with Gasteiger partial charge in [0.15, 0.2) is 11.3 Å². The fourth-order valence-corrected chi connectivity index (χ4v) is 2.34. The number of rotatable bonds is 3. The van der Waals surface area contributed by atoms with E-state index < -0.39 is 5.97 Å². The van der Waals surface area contributed by atoms with Gasteiger partial charge in [0.25, 0.3) is 0 Å². The Morgan fingerprint density at radius 1 is 1.27 bits per heavy atom. The molecule has 5 heteroatoms. The topological polar surface area (TPSA) is 67.4 Å². The molecule has 0 N–H and O–H groups in total. The first-order valence-electron chi connectivity index (χ1n) is 6.90. The van der Waals surface area contributed by atoms with Crippen molar-refractivity contribution in [3.63, 3.8) is 0 Å². The molecule has 22 heavy (non-hydrogen) atoms. The van der Waals surface area contributed by atoms with E-state index in [9.17, 15) is 10.1 Å². The van der Waals surface area contributed by atoms with E-state index in [1.54, 1.807) is 29.7 Å². The quantitative estimate of drug-likeness (QED) is 0.695. The third kappa shape index (κ3) is 2.21. The Bertz CT molecular complexity index is 876. The maximum absolute atomic E-state index is 12.0. The first-order valence-corrected chi connectivity index (χ1v) is 6.90. The van der Waals surface area contributed by atoms with Crippen molar-refractivity contribution in [2.45, 2.75) is 6.92 Å². The van der Waals surface area contributed by atoms with Crippen LogP contribution in [0.5, 0.6) is 0 Å². The van der Waals surface area contributed by atoms with Crippen LogP contribution in [-0.2, 0) is 4.74 Å². The summed E-state index contributed by atoms with van der Waals surface area (Å²) in [7, 11) is 0. The van der Waals surface area contributed by atoms with Crippen LogP contribution >= 0.6 is 0 Å². The Morgan fingerprint density at radius 3 is 2.73 bits per heavy atom. The monoisotopic (exact) mass is 291 g/mol. The Labute approximate surface area is 127 Å². The van der Waals surface area contributed by atoms with E-state index in [-0.39, 0.29) is 6.61 Å². The molecule has 0 aliphatic rings. The number of carbonyl (C=O) groups is 1. The van der Waals surface area contributed by atoms with Gasteiger partial charge in [-0.3, -0.25) is 4.40 Å². The second-order valence-electron chi connectivity index (χ2n) is 4.62. The van der Waals surface area contributed by atoms with Gasteiger partial charge in [0.2, 0.25) is 0 Å². The number of fused-ring (bicyclic) bond motifs is 1. The number of aromatic nitrogens is 2. The highest BCUT2D eigenvalue weighted by atomic mass is 16.5.